The van der Waals surface area contributed by atoms with Gasteiger partial charge >= 0.3 is 0 Å². The number of hydrogen-bond donors (Lipinski definition) is 2. The maximum absolute atomic E-state index is 12.1. The minimum atomic E-state index is -3.87. The summed E-state index contributed by atoms with van der Waals surface area (Å²) >= 11 is 0. The van der Waals surface area contributed by atoms with Crippen LogP contribution in [0.25, 0.3) is 0 Å². The minimum absolute atomic E-state index is 0.0269. The van der Waals surface area contributed by atoms with Gasteiger partial charge in [0.2, 0.25) is 0 Å². The highest BCUT2D eigenvalue weighted by molar-refractivity contribution is 7.92. The van der Waals surface area contributed by atoms with E-state index in [1.54, 1.807) is 12.1 Å². The van der Waals surface area contributed by atoms with E-state index in [2.05, 4.69) is 4.72 Å². The number of hydrogen-bond acceptors (Lipinski definition) is 5. The standard InChI is InChI=1S/C13H12N2O5S/c1-9-2-4-13(5-3-9)21(19,20)14-10-6-11(15(17)18)8-12(16)7-10/h2-8,14,16H,1H3. The molecule has 0 spiro atoms. The van der Waals surface area contributed by atoms with E-state index in [0.29, 0.717) is 0 Å². The summed E-state index contributed by atoms with van der Waals surface area (Å²) in [7, 11) is -3.87. The van der Waals surface area contributed by atoms with Crippen LogP contribution in [0.3, 0.4) is 0 Å². The van der Waals surface area contributed by atoms with Crippen LogP contribution in [0, 0.1) is 17.0 Å². The second-order valence-electron chi connectivity index (χ2n) is 4.41. The van der Waals surface area contributed by atoms with E-state index in [4.69, 9.17) is 0 Å². The Labute approximate surface area is 121 Å². The summed E-state index contributed by atoms with van der Waals surface area (Å²) in [5.41, 5.74) is 0.417. The van der Waals surface area contributed by atoms with Gasteiger partial charge in [-0.25, -0.2) is 8.42 Å². The number of nitro groups is 1. The molecule has 2 aromatic rings. The van der Waals surface area contributed by atoms with Crippen molar-refractivity contribution < 1.29 is 18.4 Å². The fourth-order valence-corrected chi connectivity index (χ4v) is 2.73. The van der Waals surface area contributed by atoms with Gasteiger partial charge < -0.3 is 5.11 Å². The van der Waals surface area contributed by atoms with Gasteiger partial charge in [-0.15, -0.1) is 0 Å². The van der Waals surface area contributed by atoms with Crippen LogP contribution in [0.4, 0.5) is 11.4 Å². The van der Waals surface area contributed by atoms with E-state index in [1.807, 2.05) is 6.92 Å². The molecule has 21 heavy (non-hydrogen) atoms. The van der Waals surface area contributed by atoms with Gasteiger partial charge in [0.25, 0.3) is 15.7 Å². The zero-order valence-electron chi connectivity index (χ0n) is 11.0. The molecule has 2 N–H and O–H groups in total. The van der Waals surface area contributed by atoms with Gasteiger partial charge in [-0.05, 0) is 19.1 Å². The van der Waals surface area contributed by atoms with Crippen molar-refractivity contribution in [2.24, 2.45) is 0 Å². The van der Waals surface area contributed by atoms with E-state index in [9.17, 15) is 23.6 Å². The molecule has 0 aromatic heterocycles. The second-order valence-corrected chi connectivity index (χ2v) is 6.10. The molecule has 0 bridgehead atoms. The number of nitrogens with one attached hydrogen (secondary N) is 1. The van der Waals surface area contributed by atoms with Crippen LogP contribution in [0.15, 0.2) is 47.4 Å². The van der Waals surface area contributed by atoms with Crippen LogP contribution < -0.4 is 4.72 Å². The molecule has 0 fully saturated rings. The Morgan fingerprint density at radius 3 is 2.33 bits per heavy atom. The van der Waals surface area contributed by atoms with Crippen molar-refractivity contribution in [3.05, 3.63) is 58.1 Å². The highest BCUT2D eigenvalue weighted by Gasteiger charge is 2.16. The molecule has 0 aliphatic rings. The van der Waals surface area contributed by atoms with Crippen LogP contribution in [-0.4, -0.2) is 18.4 Å². The van der Waals surface area contributed by atoms with E-state index < -0.39 is 26.4 Å². The summed E-state index contributed by atoms with van der Waals surface area (Å²) in [6.45, 7) is 1.82. The van der Waals surface area contributed by atoms with Gasteiger partial charge in [-0.3, -0.25) is 14.8 Å². The number of benzene rings is 2. The Morgan fingerprint density at radius 2 is 1.76 bits per heavy atom. The average molecular weight is 308 g/mol. The lowest BCUT2D eigenvalue weighted by atomic mass is 10.2. The highest BCUT2D eigenvalue weighted by Crippen LogP contribution is 2.26. The number of sulfonamides is 1. The smallest absolute Gasteiger partial charge is 0.275 e. The number of non-ortho nitro benzene ring substituents is 1. The normalized spacial score (nSPS) is 11.1. The molecule has 110 valence electrons. The van der Waals surface area contributed by atoms with Crippen LogP contribution >= 0.6 is 0 Å². The summed E-state index contributed by atoms with van der Waals surface area (Å²) in [6, 6.07) is 9.19. The van der Waals surface area contributed by atoms with Crippen LogP contribution in [0.2, 0.25) is 0 Å². The van der Waals surface area contributed by atoms with E-state index in [-0.39, 0.29) is 10.6 Å². The molecule has 0 atom stereocenters. The van der Waals surface area contributed by atoms with Gasteiger partial charge in [0.15, 0.2) is 0 Å². The van der Waals surface area contributed by atoms with Crippen molar-refractivity contribution in [1.82, 2.24) is 0 Å². The summed E-state index contributed by atoms with van der Waals surface area (Å²) in [4.78, 5) is 10.0. The van der Waals surface area contributed by atoms with Crippen molar-refractivity contribution in [3.63, 3.8) is 0 Å². The first kappa shape index (κ1) is 14.8. The van der Waals surface area contributed by atoms with Crippen LogP contribution in [0.1, 0.15) is 5.56 Å². The van der Waals surface area contributed by atoms with Gasteiger partial charge in [0.05, 0.1) is 21.6 Å². The third-order valence-electron chi connectivity index (χ3n) is 2.70. The molecule has 0 saturated heterocycles. The number of anilines is 1. The predicted molar refractivity (Wildman–Crippen MR) is 76.7 cm³/mol. The zero-order valence-corrected chi connectivity index (χ0v) is 11.8. The maximum Gasteiger partial charge on any atom is 0.275 e. The molecule has 2 rings (SSSR count). The summed E-state index contributed by atoms with van der Waals surface area (Å²) < 4.78 is 26.5. The lowest BCUT2D eigenvalue weighted by Crippen LogP contribution is -2.13. The number of nitro benzene ring substituents is 1. The third-order valence-corrected chi connectivity index (χ3v) is 4.09. The fourth-order valence-electron chi connectivity index (χ4n) is 1.69. The number of aryl methyl sites for hydroxylation is 1. The molecule has 0 heterocycles. The topological polar surface area (TPSA) is 110 Å². The van der Waals surface area contributed by atoms with Crippen molar-refractivity contribution in [3.8, 4) is 5.75 Å². The Hall–Kier alpha value is -2.61. The SMILES string of the molecule is Cc1ccc(S(=O)(=O)Nc2cc(O)cc([N+](=O)[O-])c2)cc1. The van der Waals surface area contributed by atoms with Crippen LogP contribution in [-0.2, 0) is 10.0 Å². The maximum atomic E-state index is 12.1. The number of rotatable bonds is 4. The van der Waals surface area contributed by atoms with Crippen molar-refractivity contribution in [2.75, 3.05) is 4.72 Å². The predicted octanol–water partition coefficient (Wildman–Crippen LogP) is 2.41. The number of phenolic OH excluding ortho intramolecular Hbond substituents is 1. The number of aromatic hydroxyl groups is 1. The summed E-state index contributed by atoms with van der Waals surface area (Å²) in [5.74, 6) is -0.397. The fraction of sp³-hybridized carbons (Fsp3) is 0.0769. The number of phenols is 1. The van der Waals surface area contributed by atoms with Gasteiger partial charge in [-0.1, -0.05) is 17.7 Å². The van der Waals surface area contributed by atoms with E-state index in [0.717, 1.165) is 23.8 Å². The van der Waals surface area contributed by atoms with Gasteiger partial charge in [-0.2, -0.15) is 0 Å². The average Bonchev–Trinajstić information content (AvgIpc) is 2.37. The van der Waals surface area contributed by atoms with Crippen molar-refractivity contribution in [1.29, 1.82) is 0 Å². The summed E-state index contributed by atoms with van der Waals surface area (Å²) in [6.07, 6.45) is 0. The third kappa shape index (κ3) is 3.48. The first-order valence-electron chi connectivity index (χ1n) is 5.86. The molecule has 0 radical (unpaired) electrons. The van der Waals surface area contributed by atoms with Gasteiger partial charge in [0.1, 0.15) is 5.75 Å². The van der Waals surface area contributed by atoms with Crippen molar-refractivity contribution >= 4 is 21.4 Å². The molecule has 2 aromatic carbocycles. The molecule has 0 aliphatic heterocycles. The quantitative estimate of drug-likeness (QED) is 0.665. The van der Waals surface area contributed by atoms with Gasteiger partial charge in [0, 0.05) is 12.1 Å². The molecule has 0 aliphatic carbocycles. The Morgan fingerprint density at radius 1 is 1.14 bits per heavy atom. The molecule has 8 heteroatoms. The first-order chi connectivity index (χ1) is 9.78. The molecular weight excluding hydrogens is 296 g/mol. The molecule has 0 amide bonds. The Balaban J connectivity index is 2.36. The summed E-state index contributed by atoms with van der Waals surface area (Å²) in [5, 5.41) is 20.1. The molecular formula is C13H12N2O5S. The lowest BCUT2D eigenvalue weighted by Gasteiger charge is -2.08. The lowest BCUT2D eigenvalue weighted by molar-refractivity contribution is -0.384. The Bertz CT molecular complexity index is 785. The zero-order chi connectivity index (χ0) is 15.6. The first-order valence-corrected chi connectivity index (χ1v) is 7.34. The molecule has 0 saturated carbocycles. The Kier molecular flexibility index (Phi) is 3.81. The second kappa shape index (κ2) is 5.41. The minimum Gasteiger partial charge on any atom is -0.508 e. The highest BCUT2D eigenvalue weighted by atomic mass is 32.2. The van der Waals surface area contributed by atoms with Crippen molar-refractivity contribution in [2.45, 2.75) is 11.8 Å². The number of nitrogens with zero attached hydrogens (tertiary/aromatic N) is 1. The van der Waals surface area contributed by atoms with E-state index in [1.165, 1.54) is 12.1 Å². The van der Waals surface area contributed by atoms with Crippen LogP contribution in [0.5, 0.6) is 5.75 Å². The largest absolute Gasteiger partial charge is 0.508 e. The molecule has 7 nitrogen and oxygen atoms in total. The monoisotopic (exact) mass is 308 g/mol. The molecule has 0 unspecified atom stereocenters. The van der Waals surface area contributed by atoms with E-state index >= 15 is 0 Å².